The Kier molecular flexibility index (Phi) is 3.60. The fraction of sp³-hybridized carbons (Fsp3) is 0.571. The maximum absolute atomic E-state index is 12.3. The summed E-state index contributed by atoms with van der Waals surface area (Å²) < 4.78 is 31.8. The first-order valence-corrected chi connectivity index (χ1v) is 8.63. The van der Waals surface area contributed by atoms with Gasteiger partial charge in [-0.15, -0.1) is 0 Å². The zero-order valence-electron chi connectivity index (χ0n) is 11.4. The highest BCUT2D eigenvalue weighted by atomic mass is 32.2. The zero-order chi connectivity index (χ0) is 14.2. The number of hydrogen-bond acceptors (Lipinski definition) is 4. The molecule has 1 aliphatic carbocycles. The van der Waals surface area contributed by atoms with E-state index in [1.54, 1.807) is 28.6 Å². The third-order valence-electron chi connectivity index (χ3n) is 4.18. The van der Waals surface area contributed by atoms with Crippen molar-refractivity contribution in [2.75, 3.05) is 24.6 Å². The summed E-state index contributed by atoms with van der Waals surface area (Å²) in [4.78, 5) is 0. The number of piperidine rings is 1. The SMILES string of the molecule is Nc1cccc(OCCS(=O)(=O)N2CC3CCC2C3)c1. The second kappa shape index (κ2) is 5.26. The van der Waals surface area contributed by atoms with Gasteiger partial charge in [-0.25, -0.2) is 8.42 Å². The van der Waals surface area contributed by atoms with Gasteiger partial charge in [0.1, 0.15) is 12.4 Å². The second-order valence-corrected chi connectivity index (χ2v) is 7.68. The fourth-order valence-electron chi connectivity index (χ4n) is 3.21. The molecule has 0 aromatic heterocycles. The van der Waals surface area contributed by atoms with Gasteiger partial charge in [0, 0.05) is 24.3 Å². The number of nitrogens with zero attached hydrogens (tertiary/aromatic N) is 1. The van der Waals surface area contributed by atoms with Gasteiger partial charge in [0.05, 0.1) is 5.75 Å². The van der Waals surface area contributed by atoms with Crippen molar-refractivity contribution in [2.24, 2.45) is 5.92 Å². The lowest BCUT2D eigenvalue weighted by Gasteiger charge is -2.26. The molecule has 2 N–H and O–H groups in total. The minimum absolute atomic E-state index is 0.0328. The van der Waals surface area contributed by atoms with E-state index in [1.165, 1.54) is 6.42 Å². The average molecular weight is 296 g/mol. The van der Waals surface area contributed by atoms with E-state index in [-0.39, 0.29) is 18.4 Å². The summed E-state index contributed by atoms with van der Waals surface area (Å²) in [7, 11) is -3.19. The second-order valence-electron chi connectivity index (χ2n) is 5.64. The molecule has 1 heterocycles. The Morgan fingerprint density at radius 3 is 2.85 bits per heavy atom. The quantitative estimate of drug-likeness (QED) is 0.835. The summed E-state index contributed by atoms with van der Waals surface area (Å²) >= 11 is 0. The third kappa shape index (κ3) is 2.76. The Balaban J connectivity index is 1.55. The van der Waals surface area contributed by atoms with E-state index >= 15 is 0 Å². The molecule has 20 heavy (non-hydrogen) atoms. The molecule has 110 valence electrons. The van der Waals surface area contributed by atoms with E-state index in [0.29, 0.717) is 23.9 Å². The molecule has 3 rings (SSSR count). The molecule has 5 nitrogen and oxygen atoms in total. The van der Waals surface area contributed by atoms with E-state index in [1.807, 2.05) is 0 Å². The molecule has 0 spiro atoms. The van der Waals surface area contributed by atoms with Crippen LogP contribution in [0.5, 0.6) is 5.75 Å². The van der Waals surface area contributed by atoms with Gasteiger partial charge in [0.25, 0.3) is 0 Å². The monoisotopic (exact) mass is 296 g/mol. The minimum atomic E-state index is -3.19. The molecular formula is C14H20N2O3S. The molecule has 2 fully saturated rings. The Morgan fingerprint density at radius 2 is 2.20 bits per heavy atom. The van der Waals surface area contributed by atoms with Gasteiger partial charge in [-0.3, -0.25) is 0 Å². The van der Waals surface area contributed by atoms with E-state index in [2.05, 4.69) is 0 Å². The van der Waals surface area contributed by atoms with Crippen LogP contribution in [0.1, 0.15) is 19.3 Å². The maximum atomic E-state index is 12.3. The van der Waals surface area contributed by atoms with Gasteiger partial charge in [-0.1, -0.05) is 6.07 Å². The van der Waals surface area contributed by atoms with Crippen LogP contribution in [0.2, 0.25) is 0 Å². The highest BCUT2D eigenvalue weighted by molar-refractivity contribution is 7.89. The summed E-state index contributed by atoms with van der Waals surface area (Å²) in [5.41, 5.74) is 6.26. The molecule has 2 atom stereocenters. The van der Waals surface area contributed by atoms with Gasteiger partial charge in [0.2, 0.25) is 10.0 Å². The van der Waals surface area contributed by atoms with Crippen LogP contribution in [-0.2, 0) is 10.0 Å². The Hall–Kier alpha value is -1.27. The molecule has 1 saturated carbocycles. The van der Waals surface area contributed by atoms with Crippen molar-refractivity contribution >= 4 is 15.7 Å². The van der Waals surface area contributed by atoms with Crippen LogP contribution in [0, 0.1) is 5.92 Å². The lowest BCUT2D eigenvalue weighted by atomic mass is 10.1. The number of sulfonamides is 1. The number of rotatable bonds is 5. The topological polar surface area (TPSA) is 72.6 Å². The van der Waals surface area contributed by atoms with Crippen LogP contribution in [0.3, 0.4) is 0 Å². The molecule has 2 unspecified atom stereocenters. The molecule has 0 amide bonds. The Bertz CT molecular complexity index is 588. The predicted molar refractivity (Wildman–Crippen MR) is 78.0 cm³/mol. The summed E-state index contributed by atoms with van der Waals surface area (Å²) in [6.45, 7) is 0.866. The largest absolute Gasteiger partial charge is 0.492 e. The van der Waals surface area contributed by atoms with E-state index in [4.69, 9.17) is 10.5 Å². The molecule has 6 heteroatoms. The number of fused-ring (bicyclic) bond motifs is 2. The summed E-state index contributed by atoms with van der Waals surface area (Å²) in [5.74, 6) is 1.22. The first-order chi connectivity index (χ1) is 9.54. The number of benzene rings is 1. The lowest BCUT2D eigenvalue weighted by molar-refractivity contribution is 0.315. The maximum Gasteiger partial charge on any atom is 0.217 e. The normalized spacial score (nSPS) is 26.0. The molecular weight excluding hydrogens is 276 g/mol. The van der Waals surface area contributed by atoms with E-state index < -0.39 is 10.0 Å². The van der Waals surface area contributed by atoms with Gasteiger partial charge in [0.15, 0.2) is 0 Å². The number of hydrogen-bond donors (Lipinski definition) is 1. The number of anilines is 1. The van der Waals surface area contributed by atoms with E-state index in [0.717, 1.165) is 12.8 Å². The number of nitrogens with two attached hydrogens (primary N) is 1. The molecule has 2 aliphatic rings. The van der Waals surface area contributed by atoms with Crippen LogP contribution < -0.4 is 10.5 Å². The van der Waals surface area contributed by atoms with Crippen molar-refractivity contribution in [2.45, 2.75) is 25.3 Å². The molecule has 1 aromatic carbocycles. The average Bonchev–Trinajstić information content (AvgIpc) is 3.01. The standard InChI is InChI=1S/C14H20N2O3S/c15-12-2-1-3-14(9-12)19-6-7-20(17,18)16-10-11-4-5-13(16)8-11/h1-3,9,11,13H,4-8,10,15H2. The third-order valence-corrected chi connectivity index (χ3v) is 6.03. The van der Waals surface area contributed by atoms with Crippen molar-refractivity contribution in [1.29, 1.82) is 0 Å². The molecule has 0 radical (unpaired) electrons. The number of ether oxygens (including phenoxy) is 1. The Labute approximate surface area is 119 Å². The first kappa shape index (κ1) is 13.7. The first-order valence-electron chi connectivity index (χ1n) is 7.02. The molecule has 1 aliphatic heterocycles. The fourth-order valence-corrected chi connectivity index (χ4v) is 4.82. The molecule has 1 saturated heterocycles. The van der Waals surface area contributed by atoms with Crippen LogP contribution >= 0.6 is 0 Å². The van der Waals surface area contributed by atoms with Crippen LogP contribution in [0.15, 0.2) is 24.3 Å². The highest BCUT2D eigenvalue weighted by Gasteiger charge is 2.43. The summed E-state index contributed by atoms with van der Waals surface area (Å²) in [5, 5.41) is 0. The van der Waals surface area contributed by atoms with Gasteiger partial charge >= 0.3 is 0 Å². The summed E-state index contributed by atoms with van der Waals surface area (Å²) in [6.07, 6.45) is 3.23. The van der Waals surface area contributed by atoms with Crippen molar-refractivity contribution < 1.29 is 13.2 Å². The lowest BCUT2D eigenvalue weighted by Crippen LogP contribution is -2.40. The van der Waals surface area contributed by atoms with Crippen molar-refractivity contribution in [3.05, 3.63) is 24.3 Å². The van der Waals surface area contributed by atoms with Crippen LogP contribution in [0.25, 0.3) is 0 Å². The predicted octanol–water partition coefficient (Wildman–Crippen LogP) is 1.46. The summed E-state index contributed by atoms with van der Waals surface area (Å²) in [6, 6.07) is 7.27. The minimum Gasteiger partial charge on any atom is -0.492 e. The Morgan fingerprint density at radius 1 is 1.35 bits per heavy atom. The molecule has 1 aromatic rings. The van der Waals surface area contributed by atoms with Crippen molar-refractivity contribution in [3.63, 3.8) is 0 Å². The van der Waals surface area contributed by atoms with Gasteiger partial charge < -0.3 is 10.5 Å². The van der Waals surface area contributed by atoms with Crippen molar-refractivity contribution in [1.82, 2.24) is 4.31 Å². The van der Waals surface area contributed by atoms with E-state index in [9.17, 15) is 8.42 Å². The van der Waals surface area contributed by atoms with Crippen LogP contribution in [-0.4, -0.2) is 37.7 Å². The number of nitrogen functional groups attached to an aromatic ring is 1. The van der Waals surface area contributed by atoms with Gasteiger partial charge in [-0.2, -0.15) is 4.31 Å². The van der Waals surface area contributed by atoms with Crippen LogP contribution in [0.4, 0.5) is 5.69 Å². The van der Waals surface area contributed by atoms with Crippen molar-refractivity contribution in [3.8, 4) is 5.75 Å². The zero-order valence-corrected chi connectivity index (χ0v) is 12.2. The van der Waals surface area contributed by atoms with Gasteiger partial charge in [-0.05, 0) is 37.3 Å². The smallest absolute Gasteiger partial charge is 0.217 e. The highest BCUT2D eigenvalue weighted by Crippen LogP contribution is 2.38. The molecule has 2 bridgehead atoms.